The quantitative estimate of drug-likeness (QED) is 0.243. The Morgan fingerprint density at radius 3 is 2.70 bits per heavy atom. The first-order valence-electron chi connectivity index (χ1n) is 11.8. The number of aromatic nitrogens is 3. The number of nitrogens with zero attached hydrogens (tertiary/aromatic N) is 4. The van der Waals surface area contributed by atoms with Gasteiger partial charge in [-0.25, -0.2) is 9.78 Å². The average Bonchev–Trinajstić information content (AvgIpc) is 3.41. The van der Waals surface area contributed by atoms with Gasteiger partial charge in [0.1, 0.15) is 23.4 Å². The second-order valence-electron chi connectivity index (χ2n) is 8.88. The van der Waals surface area contributed by atoms with E-state index in [1.807, 2.05) is 18.2 Å². The minimum absolute atomic E-state index is 0.0496. The molecule has 2 saturated heterocycles. The second-order valence-corrected chi connectivity index (χ2v) is 9.32. The summed E-state index contributed by atoms with van der Waals surface area (Å²) in [6.45, 7) is 2.52. The third-order valence-electron chi connectivity index (χ3n) is 6.13. The molecule has 12 nitrogen and oxygen atoms in total. The lowest BCUT2D eigenvalue weighted by Gasteiger charge is -2.33. The number of hydrogen-bond acceptors (Lipinski definition) is 8. The molecule has 0 radical (unpaired) electrons. The summed E-state index contributed by atoms with van der Waals surface area (Å²) in [7, 11) is 0. The monoisotopic (exact) mass is 524 g/mol. The minimum Gasteiger partial charge on any atom is -0.384 e. The molecule has 1 aromatic carbocycles. The first kappa shape index (κ1) is 24.5. The summed E-state index contributed by atoms with van der Waals surface area (Å²) in [5.74, 6) is 0.360. The van der Waals surface area contributed by atoms with Crippen molar-refractivity contribution in [3.63, 3.8) is 0 Å². The highest BCUT2D eigenvalue weighted by molar-refractivity contribution is 6.30. The number of fused-ring (bicyclic) bond motifs is 1. The van der Waals surface area contributed by atoms with Crippen LogP contribution in [0, 0.1) is 0 Å². The largest absolute Gasteiger partial charge is 0.384 e. The van der Waals surface area contributed by atoms with E-state index in [-0.39, 0.29) is 17.6 Å². The number of piperidine rings is 1. The van der Waals surface area contributed by atoms with Gasteiger partial charge in [0.2, 0.25) is 0 Å². The van der Waals surface area contributed by atoms with Crippen LogP contribution in [-0.4, -0.2) is 67.7 Å². The Balaban J connectivity index is 1.46. The zero-order valence-electron chi connectivity index (χ0n) is 19.9. The van der Waals surface area contributed by atoms with E-state index >= 15 is 0 Å². The molecule has 2 aromatic heterocycles. The summed E-state index contributed by atoms with van der Waals surface area (Å²) in [5, 5.41) is 26.0. The first-order valence-corrected chi connectivity index (χ1v) is 12.1. The van der Waals surface area contributed by atoms with Crippen molar-refractivity contribution in [2.75, 3.05) is 23.7 Å². The van der Waals surface area contributed by atoms with Crippen molar-refractivity contribution in [1.82, 2.24) is 30.1 Å². The van der Waals surface area contributed by atoms with E-state index < -0.39 is 18.0 Å². The van der Waals surface area contributed by atoms with Crippen molar-refractivity contribution >= 4 is 58.5 Å². The average molecular weight is 525 g/mol. The van der Waals surface area contributed by atoms with Crippen LogP contribution in [0.4, 0.5) is 22.1 Å². The first-order chi connectivity index (χ1) is 17.8. The summed E-state index contributed by atoms with van der Waals surface area (Å²) >= 11 is 6.14. The summed E-state index contributed by atoms with van der Waals surface area (Å²) < 4.78 is 1.62. The lowest BCUT2D eigenvalue weighted by molar-refractivity contribution is -0.140. The van der Waals surface area contributed by atoms with Gasteiger partial charge in [-0.05, 0) is 44.0 Å². The number of carbonyl (C=O) groups excluding carboxylic acids is 3. The fourth-order valence-electron chi connectivity index (χ4n) is 4.32. The molecule has 5 rings (SSSR count). The molecule has 0 aliphatic carbocycles. The highest BCUT2D eigenvalue weighted by Gasteiger charge is 2.26. The third-order valence-corrected chi connectivity index (χ3v) is 6.37. The maximum Gasteiger partial charge on any atom is 0.326 e. The molecule has 1 unspecified atom stereocenters. The normalized spacial score (nSPS) is 18.1. The summed E-state index contributed by atoms with van der Waals surface area (Å²) in [6.07, 6.45) is 3.43. The summed E-state index contributed by atoms with van der Waals surface area (Å²) in [6, 6.07) is 8.49. The molecular formula is C24H25ClN8O4. The molecule has 2 fully saturated rings. The molecule has 4 amide bonds. The number of urea groups is 1. The lowest BCUT2D eigenvalue weighted by atomic mass is 10.0. The molecule has 2 aliphatic rings. The number of amides is 4. The van der Waals surface area contributed by atoms with E-state index in [1.165, 1.54) is 13.0 Å². The minimum atomic E-state index is -1.02. The molecular weight excluding hydrogens is 500 g/mol. The number of benzene rings is 1. The Morgan fingerprint density at radius 1 is 1.24 bits per heavy atom. The number of aliphatic hydroxyl groups is 1. The maximum atomic E-state index is 12.1. The maximum absolute atomic E-state index is 12.1. The Morgan fingerprint density at radius 2 is 2.03 bits per heavy atom. The number of imide groups is 1. The van der Waals surface area contributed by atoms with Gasteiger partial charge in [0.25, 0.3) is 11.8 Å². The molecule has 37 heavy (non-hydrogen) atoms. The van der Waals surface area contributed by atoms with Gasteiger partial charge < -0.3 is 26.0 Å². The van der Waals surface area contributed by atoms with Crippen LogP contribution in [0.15, 0.2) is 42.2 Å². The topological polar surface area (TPSA) is 153 Å². The molecule has 1 atom stereocenters. The van der Waals surface area contributed by atoms with Gasteiger partial charge >= 0.3 is 6.03 Å². The number of hydrogen-bond donors (Lipinski definition) is 5. The van der Waals surface area contributed by atoms with Crippen LogP contribution >= 0.6 is 11.6 Å². The second kappa shape index (κ2) is 10.1. The van der Waals surface area contributed by atoms with Crippen molar-refractivity contribution in [2.24, 2.45) is 0 Å². The van der Waals surface area contributed by atoms with Crippen molar-refractivity contribution in [1.29, 1.82) is 0 Å². The van der Waals surface area contributed by atoms with Gasteiger partial charge in [-0.3, -0.25) is 14.9 Å². The Labute approximate surface area is 216 Å². The van der Waals surface area contributed by atoms with E-state index in [4.69, 9.17) is 16.6 Å². The molecule has 0 saturated carbocycles. The van der Waals surface area contributed by atoms with Gasteiger partial charge in [0.05, 0.1) is 6.20 Å². The third kappa shape index (κ3) is 5.34. The van der Waals surface area contributed by atoms with Crippen LogP contribution in [0.2, 0.25) is 5.02 Å². The zero-order valence-corrected chi connectivity index (χ0v) is 20.6. The van der Waals surface area contributed by atoms with E-state index in [9.17, 15) is 19.5 Å². The molecule has 0 spiro atoms. The Bertz CT molecular complexity index is 1410. The zero-order chi connectivity index (χ0) is 26.1. The SMILES string of the molecule is CC(O)C(=O)N1CCC(Nc2cc(Nc3cccc(Cl)c3)nc3c(/C=C4\NC(=O)NC4=O)cnn23)CC1. The summed E-state index contributed by atoms with van der Waals surface area (Å²) in [5.41, 5.74) is 1.82. The van der Waals surface area contributed by atoms with Crippen molar-refractivity contribution in [2.45, 2.75) is 31.9 Å². The lowest BCUT2D eigenvalue weighted by Crippen LogP contribution is -2.45. The number of carbonyl (C=O) groups is 3. The van der Waals surface area contributed by atoms with Gasteiger partial charge in [-0.15, -0.1) is 0 Å². The van der Waals surface area contributed by atoms with Crippen LogP contribution < -0.4 is 21.3 Å². The Hall–Kier alpha value is -4.16. The molecule has 5 N–H and O–H groups in total. The van der Waals surface area contributed by atoms with E-state index in [2.05, 4.69) is 26.4 Å². The summed E-state index contributed by atoms with van der Waals surface area (Å²) in [4.78, 5) is 42.0. The highest BCUT2D eigenvalue weighted by atomic mass is 35.5. The number of nitrogens with one attached hydrogen (secondary N) is 4. The molecule has 0 bridgehead atoms. The predicted molar refractivity (Wildman–Crippen MR) is 137 cm³/mol. The van der Waals surface area contributed by atoms with Crippen LogP contribution in [-0.2, 0) is 9.59 Å². The molecule has 3 aromatic rings. The van der Waals surface area contributed by atoms with Gasteiger partial charge in [-0.1, -0.05) is 17.7 Å². The predicted octanol–water partition coefficient (Wildman–Crippen LogP) is 2.09. The van der Waals surface area contributed by atoms with Crippen LogP contribution in [0.3, 0.4) is 0 Å². The van der Waals surface area contributed by atoms with E-state index in [0.29, 0.717) is 53.8 Å². The highest BCUT2D eigenvalue weighted by Crippen LogP contribution is 2.26. The number of aliphatic hydroxyl groups excluding tert-OH is 1. The van der Waals surface area contributed by atoms with Crippen LogP contribution in [0.25, 0.3) is 11.7 Å². The van der Waals surface area contributed by atoms with Crippen molar-refractivity contribution in [3.8, 4) is 0 Å². The van der Waals surface area contributed by atoms with Crippen LogP contribution in [0.5, 0.6) is 0 Å². The number of likely N-dealkylation sites (tertiary alicyclic amines) is 1. The van der Waals surface area contributed by atoms with Gasteiger partial charge in [-0.2, -0.15) is 9.61 Å². The number of rotatable bonds is 6. The van der Waals surface area contributed by atoms with Crippen molar-refractivity contribution in [3.05, 3.63) is 52.8 Å². The smallest absolute Gasteiger partial charge is 0.326 e. The molecule has 13 heteroatoms. The fraction of sp³-hybridized carbons (Fsp3) is 0.292. The van der Waals surface area contributed by atoms with E-state index in [0.717, 1.165) is 5.69 Å². The Kier molecular flexibility index (Phi) is 6.68. The van der Waals surface area contributed by atoms with E-state index in [1.54, 1.807) is 27.7 Å². The number of anilines is 3. The molecule has 4 heterocycles. The van der Waals surface area contributed by atoms with Crippen LogP contribution in [0.1, 0.15) is 25.3 Å². The van der Waals surface area contributed by atoms with Gasteiger partial charge in [0.15, 0.2) is 5.65 Å². The fourth-order valence-corrected chi connectivity index (χ4v) is 4.51. The van der Waals surface area contributed by atoms with Gasteiger partial charge in [0, 0.05) is 41.5 Å². The number of halogens is 1. The van der Waals surface area contributed by atoms with Crippen molar-refractivity contribution < 1.29 is 19.5 Å². The molecule has 2 aliphatic heterocycles. The molecule has 192 valence electrons. The standard InChI is InChI=1S/C24H25ClN8O4/c1-13(34)23(36)32-7-5-16(6-8-32)28-20-11-19(27-17-4-2-3-15(25)10-17)30-21-14(12-26-33(20)21)9-18-22(35)31-24(37)29-18/h2-4,9-13,16,28,34H,5-8H2,1H3,(H,27,30)(H2,29,31,35,37)/b18-9-.